The van der Waals surface area contributed by atoms with Gasteiger partial charge < -0.3 is 9.88 Å². The molecule has 0 atom stereocenters. The van der Waals surface area contributed by atoms with Crippen molar-refractivity contribution in [2.24, 2.45) is 7.05 Å². The molecule has 2 aliphatic carbocycles. The van der Waals surface area contributed by atoms with E-state index in [1.54, 1.807) is 0 Å². The van der Waals surface area contributed by atoms with E-state index in [-0.39, 0.29) is 5.56 Å². The molecule has 0 bridgehead atoms. The number of H-pyrrole nitrogens is 1. The van der Waals surface area contributed by atoms with Crippen molar-refractivity contribution in [2.75, 3.05) is 13.1 Å². The van der Waals surface area contributed by atoms with Crippen LogP contribution in [-0.4, -0.2) is 38.8 Å². The second-order valence-corrected chi connectivity index (χ2v) is 8.25. The molecule has 5 heteroatoms. The summed E-state index contributed by atoms with van der Waals surface area (Å²) in [6, 6.07) is 0.852. The van der Waals surface area contributed by atoms with Crippen molar-refractivity contribution in [3.63, 3.8) is 0 Å². The number of aryl methyl sites for hydroxylation is 2. The van der Waals surface area contributed by atoms with Gasteiger partial charge in [0, 0.05) is 30.0 Å². The number of aromatic nitrogens is 3. The molecule has 3 aliphatic rings. The van der Waals surface area contributed by atoms with Gasteiger partial charge in [0.1, 0.15) is 5.65 Å². The topological polar surface area (TPSA) is 53.9 Å². The first kappa shape index (κ1) is 15.6. The molecule has 1 saturated heterocycles. The minimum atomic E-state index is 0.108. The average Bonchev–Trinajstić information content (AvgIpc) is 2.91. The van der Waals surface area contributed by atoms with Crippen LogP contribution in [0.1, 0.15) is 67.7 Å². The quantitative estimate of drug-likeness (QED) is 0.914. The van der Waals surface area contributed by atoms with Crippen molar-refractivity contribution in [1.29, 1.82) is 0 Å². The lowest BCUT2D eigenvalue weighted by Crippen LogP contribution is -2.44. The molecule has 5 rings (SSSR count). The van der Waals surface area contributed by atoms with Crippen LogP contribution in [0.25, 0.3) is 11.0 Å². The Hall–Kier alpha value is -1.62. The van der Waals surface area contributed by atoms with Crippen molar-refractivity contribution >= 4 is 11.0 Å². The van der Waals surface area contributed by atoms with Crippen LogP contribution in [0.3, 0.4) is 0 Å². The third kappa shape index (κ3) is 2.47. The van der Waals surface area contributed by atoms with Gasteiger partial charge in [0.05, 0.1) is 5.69 Å². The number of hydrogen-bond acceptors (Lipinski definition) is 3. The standard InChI is InChI=1S/C20H28N4O/c1-23-19-17(15-7-2-3-8-16(15)20(25)21-19)18(22-23)13-9-11-24(12-10-13)14-5-4-6-14/h13-14H,2-12H2,1H3,(H,21,25). The summed E-state index contributed by atoms with van der Waals surface area (Å²) < 4.78 is 1.90. The van der Waals surface area contributed by atoms with Gasteiger partial charge in [-0.15, -0.1) is 0 Å². The largest absolute Gasteiger partial charge is 0.307 e. The number of fused-ring (bicyclic) bond motifs is 3. The van der Waals surface area contributed by atoms with Crippen LogP contribution < -0.4 is 5.56 Å². The first-order valence-electron chi connectivity index (χ1n) is 10.1. The summed E-state index contributed by atoms with van der Waals surface area (Å²) in [4.78, 5) is 18.3. The fourth-order valence-corrected chi connectivity index (χ4v) is 5.18. The highest BCUT2D eigenvalue weighted by atomic mass is 16.1. The van der Waals surface area contributed by atoms with Gasteiger partial charge in [0.15, 0.2) is 0 Å². The average molecular weight is 340 g/mol. The van der Waals surface area contributed by atoms with Gasteiger partial charge in [0.25, 0.3) is 5.56 Å². The fraction of sp³-hybridized carbons (Fsp3) is 0.700. The van der Waals surface area contributed by atoms with Gasteiger partial charge in [-0.25, -0.2) is 0 Å². The number of rotatable bonds is 2. The predicted molar refractivity (Wildman–Crippen MR) is 99.2 cm³/mol. The smallest absolute Gasteiger partial charge is 0.253 e. The van der Waals surface area contributed by atoms with Gasteiger partial charge in [-0.2, -0.15) is 5.10 Å². The summed E-state index contributed by atoms with van der Waals surface area (Å²) in [6.45, 7) is 2.41. The maximum atomic E-state index is 12.5. The second-order valence-electron chi connectivity index (χ2n) is 8.25. The molecule has 0 spiro atoms. The summed E-state index contributed by atoms with van der Waals surface area (Å²) in [5, 5.41) is 6.17. The summed E-state index contributed by atoms with van der Waals surface area (Å²) in [6.07, 6.45) is 10.9. The molecule has 2 aromatic heterocycles. The highest BCUT2D eigenvalue weighted by molar-refractivity contribution is 5.84. The first-order chi connectivity index (χ1) is 12.2. The number of aromatic amines is 1. The van der Waals surface area contributed by atoms with Crippen molar-refractivity contribution in [3.05, 3.63) is 27.2 Å². The molecule has 0 aromatic carbocycles. The normalized spacial score (nSPS) is 22.9. The van der Waals surface area contributed by atoms with Crippen LogP contribution in [0.15, 0.2) is 4.79 Å². The second kappa shape index (κ2) is 5.97. The molecule has 25 heavy (non-hydrogen) atoms. The Bertz CT molecular complexity index is 853. The molecule has 0 unspecified atom stereocenters. The van der Waals surface area contributed by atoms with Crippen LogP contribution in [0, 0.1) is 0 Å². The van der Waals surface area contributed by atoms with Crippen LogP contribution in [0.5, 0.6) is 0 Å². The third-order valence-corrected chi connectivity index (χ3v) is 6.86. The zero-order valence-corrected chi connectivity index (χ0v) is 15.2. The molecule has 134 valence electrons. The molecule has 0 amide bonds. The van der Waals surface area contributed by atoms with E-state index >= 15 is 0 Å². The Morgan fingerprint density at radius 2 is 1.72 bits per heavy atom. The minimum Gasteiger partial charge on any atom is -0.307 e. The van der Waals surface area contributed by atoms with Gasteiger partial charge in [0.2, 0.25) is 0 Å². The monoisotopic (exact) mass is 340 g/mol. The summed E-state index contributed by atoms with van der Waals surface area (Å²) in [5.41, 5.74) is 4.62. The van der Waals surface area contributed by atoms with Crippen LogP contribution in [0.2, 0.25) is 0 Å². The number of likely N-dealkylation sites (tertiary alicyclic amines) is 1. The minimum absolute atomic E-state index is 0.108. The Balaban J connectivity index is 1.52. The molecule has 0 radical (unpaired) electrons. The lowest BCUT2D eigenvalue weighted by Gasteiger charge is -2.41. The zero-order chi connectivity index (χ0) is 17.0. The predicted octanol–water partition coefficient (Wildman–Crippen LogP) is 2.87. The molecule has 1 aliphatic heterocycles. The Morgan fingerprint density at radius 3 is 2.40 bits per heavy atom. The van der Waals surface area contributed by atoms with E-state index in [4.69, 9.17) is 5.10 Å². The van der Waals surface area contributed by atoms with Crippen molar-refractivity contribution < 1.29 is 0 Å². The van der Waals surface area contributed by atoms with Gasteiger partial charge in [-0.1, -0.05) is 6.42 Å². The van der Waals surface area contributed by atoms with E-state index in [0.29, 0.717) is 5.92 Å². The fourth-order valence-electron chi connectivity index (χ4n) is 5.18. The van der Waals surface area contributed by atoms with E-state index in [1.807, 2.05) is 11.7 Å². The van der Waals surface area contributed by atoms with Crippen LogP contribution >= 0.6 is 0 Å². The van der Waals surface area contributed by atoms with E-state index in [1.165, 1.54) is 68.3 Å². The highest BCUT2D eigenvalue weighted by Gasteiger charge is 2.32. The Morgan fingerprint density at radius 1 is 1.00 bits per heavy atom. The van der Waals surface area contributed by atoms with E-state index < -0.39 is 0 Å². The Kier molecular flexibility index (Phi) is 3.73. The SMILES string of the molecule is Cn1nc(C2CCN(C3CCC3)CC2)c2c3c(c(=O)[nH]c21)CCCC3. The third-order valence-electron chi connectivity index (χ3n) is 6.86. The summed E-state index contributed by atoms with van der Waals surface area (Å²) in [7, 11) is 1.97. The Labute approximate surface area is 148 Å². The van der Waals surface area contributed by atoms with E-state index in [9.17, 15) is 4.79 Å². The van der Waals surface area contributed by atoms with Crippen molar-refractivity contribution in [3.8, 4) is 0 Å². The number of hydrogen-bond donors (Lipinski definition) is 1. The first-order valence-corrected chi connectivity index (χ1v) is 10.1. The molecular formula is C20H28N4O. The molecule has 1 saturated carbocycles. The number of pyridine rings is 1. The van der Waals surface area contributed by atoms with Gasteiger partial charge in [-0.05, 0) is 70.0 Å². The van der Waals surface area contributed by atoms with Crippen molar-refractivity contribution in [2.45, 2.75) is 69.7 Å². The zero-order valence-electron chi connectivity index (χ0n) is 15.2. The number of nitrogens with zero attached hydrogens (tertiary/aromatic N) is 3. The molecule has 2 aromatic rings. The molecule has 3 heterocycles. The van der Waals surface area contributed by atoms with Crippen molar-refractivity contribution in [1.82, 2.24) is 19.7 Å². The lowest BCUT2D eigenvalue weighted by atomic mass is 9.84. The van der Waals surface area contributed by atoms with Gasteiger partial charge >= 0.3 is 0 Å². The molecular weight excluding hydrogens is 312 g/mol. The number of piperidine rings is 1. The van der Waals surface area contributed by atoms with E-state index in [0.717, 1.165) is 36.5 Å². The van der Waals surface area contributed by atoms with Gasteiger partial charge in [-0.3, -0.25) is 9.48 Å². The molecule has 5 nitrogen and oxygen atoms in total. The summed E-state index contributed by atoms with van der Waals surface area (Å²) in [5.74, 6) is 0.539. The van der Waals surface area contributed by atoms with Crippen LogP contribution in [0.4, 0.5) is 0 Å². The lowest BCUT2D eigenvalue weighted by molar-refractivity contribution is 0.0971. The van der Waals surface area contributed by atoms with E-state index in [2.05, 4.69) is 9.88 Å². The molecule has 2 fully saturated rings. The maximum absolute atomic E-state index is 12.5. The summed E-state index contributed by atoms with van der Waals surface area (Å²) >= 11 is 0. The highest BCUT2D eigenvalue weighted by Crippen LogP contribution is 2.37. The maximum Gasteiger partial charge on any atom is 0.253 e. The number of nitrogens with one attached hydrogen (secondary N) is 1. The van der Waals surface area contributed by atoms with Crippen LogP contribution in [-0.2, 0) is 19.9 Å². The molecule has 1 N–H and O–H groups in total.